The number of nitrogens with one attached hydrogen (secondary N) is 2. The van der Waals surface area contributed by atoms with Crippen LogP contribution in [-0.4, -0.2) is 44.6 Å². The first-order valence-corrected chi connectivity index (χ1v) is 12.2. The van der Waals surface area contributed by atoms with Crippen molar-refractivity contribution in [1.82, 2.24) is 24.9 Å². The van der Waals surface area contributed by atoms with E-state index in [0.717, 1.165) is 24.2 Å². The minimum atomic E-state index is -0.321. The van der Waals surface area contributed by atoms with Crippen molar-refractivity contribution in [2.75, 3.05) is 12.4 Å². The monoisotopic (exact) mass is 500 g/mol. The highest BCUT2D eigenvalue weighted by molar-refractivity contribution is 5.97. The predicted molar refractivity (Wildman–Crippen MR) is 138 cm³/mol. The van der Waals surface area contributed by atoms with Crippen LogP contribution in [0.15, 0.2) is 54.9 Å². The Morgan fingerprint density at radius 1 is 1.14 bits per heavy atom. The summed E-state index contributed by atoms with van der Waals surface area (Å²) >= 11 is 0. The first-order chi connectivity index (χ1) is 18.0. The summed E-state index contributed by atoms with van der Waals surface area (Å²) in [5.74, 6) is 0.880. The SMILES string of the molecule is COc1ncc(-c2ccc3nc(NC(C)=O)cn3n2)cc1C(=O)NCc1ccccc1OC1CCCC1. The van der Waals surface area contributed by atoms with Gasteiger partial charge in [-0.3, -0.25) is 9.59 Å². The number of methoxy groups -OCH3 is 1. The van der Waals surface area contributed by atoms with Crippen molar-refractivity contribution in [2.45, 2.75) is 45.3 Å². The van der Waals surface area contributed by atoms with Gasteiger partial charge in [0.05, 0.1) is 25.1 Å². The van der Waals surface area contributed by atoms with Gasteiger partial charge < -0.3 is 20.1 Å². The van der Waals surface area contributed by atoms with Crippen molar-refractivity contribution in [1.29, 1.82) is 0 Å². The first kappa shape index (κ1) is 24.2. The van der Waals surface area contributed by atoms with Gasteiger partial charge in [0.15, 0.2) is 11.5 Å². The maximum atomic E-state index is 13.2. The van der Waals surface area contributed by atoms with Gasteiger partial charge in [-0.15, -0.1) is 0 Å². The number of benzene rings is 1. The molecular formula is C27H28N6O4. The van der Waals surface area contributed by atoms with E-state index in [1.54, 1.807) is 35.1 Å². The second-order valence-corrected chi connectivity index (χ2v) is 8.92. The van der Waals surface area contributed by atoms with Crippen LogP contribution in [0, 0.1) is 0 Å². The zero-order valence-electron chi connectivity index (χ0n) is 20.7. The number of amides is 2. The van der Waals surface area contributed by atoms with Crippen LogP contribution in [-0.2, 0) is 11.3 Å². The fraction of sp³-hybridized carbons (Fsp3) is 0.296. The smallest absolute Gasteiger partial charge is 0.257 e. The summed E-state index contributed by atoms with van der Waals surface area (Å²) in [5.41, 5.74) is 2.99. The molecule has 10 heteroatoms. The molecule has 10 nitrogen and oxygen atoms in total. The van der Waals surface area contributed by atoms with Crippen LogP contribution in [0.4, 0.5) is 5.82 Å². The number of nitrogens with zero attached hydrogens (tertiary/aromatic N) is 4. The van der Waals surface area contributed by atoms with Crippen LogP contribution in [0.25, 0.3) is 16.9 Å². The normalized spacial score (nSPS) is 13.5. The molecule has 0 saturated heterocycles. The van der Waals surface area contributed by atoms with Gasteiger partial charge in [0.1, 0.15) is 11.3 Å². The molecular weight excluding hydrogens is 472 g/mol. The van der Waals surface area contributed by atoms with Gasteiger partial charge >= 0.3 is 0 Å². The molecule has 3 aromatic heterocycles. The van der Waals surface area contributed by atoms with E-state index in [1.165, 1.54) is 26.9 Å². The number of carbonyl (C=O) groups excluding carboxylic acids is 2. The van der Waals surface area contributed by atoms with Crippen LogP contribution in [0.1, 0.15) is 48.5 Å². The fourth-order valence-corrected chi connectivity index (χ4v) is 4.42. The topological polar surface area (TPSA) is 120 Å². The molecule has 0 spiro atoms. The minimum Gasteiger partial charge on any atom is -0.490 e. The number of para-hydroxylation sites is 1. The van der Waals surface area contributed by atoms with Crippen LogP contribution < -0.4 is 20.1 Å². The Bertz CT molecular complexity index is 1440. The number of anilines is 1. The quantitative estimate of drug-likeness (QED) is 0.375. The summed E-state index contributed by atoms with van der Waals surface area (Å²) in [6, 6.07) is 13.0. The summed E-state index contributed by atoms with van der Waals surface area (Å²) in [5, 5.41) is 10.2. The summed E-state index contributed by atoms with van der Waals surface area (Å²) in [4.78, 5) is 33.2. The lowest BCUT2D eigenvalue weighted by Gasteiger charge is -2.17. The Labute approximate surface area is 214 Å². The molecule has 37 heavy (non-hydrogen) atoms. The minimum absolute atomic E-state index is 0.216. The number of hydrogen-bond donors (Lipinski definition) is 2. The maximum Gasteiger partial charge on any atom is 0.257 e. The number of pyridine rings is 1. The zero-order valence-corrected chi connectivity index (χ0v) is 20.7. The average molecular weight is 501 g/mol. The molecule has 1 aliphatic carbocycles. The third-order valence-electron chi connectivity index (χ3n) is 6.22. The number of carbonyl (C=O) groups is 2. The van der Waals surface area contributed by atoms with E-state index < -0.39 is 0 Å². The number of imidazole rings is 1. The predicted octanol–water partition coefficient (Wildman–Crippen LogP) is 4.01. The summed E-state index contributed by atoms with van der Waals surface area (Å²) in [7, 11) is 1.48. The van der Waals surface area contributed by atoms with Crippen molar-refractivity contribution < 1.29 is 19.1 Å². The molecule has 1 aliphatic rings. The van der Waals surface area contributed by atoms with Crippen molar-refractivity contribution in [3.05, 3.63) is 66.0 Å². The zero-order chi connectivity index (χ0) is 25.8. The fourth-order valence-electron chi connectivity index (χ4n) is 4.42. The van der Waals surface area contributed by atoms with E-state index in [2.05, 4.69) is 25.7 Å². The Hall–Kier alpha value is -4.47. The molecule has 1 saturated carbocycles. The van der Waals surface area contributed by atoms with E-state index >= 15 is 0 Å². The van der Waals surface area contributed by atoms with Gasteiger partial charge in [-0.1, -0.05) is 18.2 Å². The lowest BCUT2D eigenvalue weighted by atomic mass is 10.1. The number of aromatic nitrogens is 4. The third kappa shape index (κ3) is 5.53. The van der Waals surface area contributed by atoms with E-state index in [0.29, 0.717) is 34.8 Å². The van der Waals surface area contributed by atoms with E-state index in [9.17, 15) is 9.59 Å². The number of hydrogen-bond acceptors (Lipinski definition) is 7. The van der Waals surface area contributed by atoms with Crippen LogP contribution in [0.5, 0.6) is 11.6 Å². The van der Waals surface area contributed by atoms with E-state index in [1.807, 2.05) is 24.3 Å². The average Bonchev–Trinajstić information content (AvgIpc) is 3.56. The number of rotatable bonds is 8. The van der Waals surface area contributed by atoms with Crippen molar-refractivity contribution in [3.8, 4) is 22.9 Å². The number of fused-ring (bicyclic) bond motifs is 1. The molecule has 0 aliphatic heterocycles. The largest absolute Gasteiger partial charge is 0.490 e. The molecule has 0 unspecified atom stereocenters. The highest BCUT2D eigenvalue weighted by atomic mass is 16.5. The summed E-state index contributed by atoms with van der Waals surface area (Å²) in [6.45, 7) is 1.72. The second-order valence-electron chi connectivity index (χ2n) is 8.92. The molecule has 0 radical (unpaired) electrons. The summed E-state index contributed by atoms with van der Waals surface area (Å²) < 4.78 is 13.1. The highest BCUT2D eigenvalue weighted by Gasteiger charge is 2.19. The Balaban J connectivity index is 1.35. The Kier molecular flexibility index (Phi) is 6.98. The molecule has 190 valence electrons. The highest BCUT2D eigenvalue weighted by Crippen LogP contribution is 2.27. The molecule has 1 aromatic carbocycles. The maximum absolute atomic E-state index is 13.2. The number of ether oxygens (including phenoxy) is 2. The molecule has 2 N–H and O–H groups in total. The lowest BCUT2D eigenvalue weighted by molar-refractivity contribution is -0.114. The van der Waals surface area contributed by atoms with Crippen molar-refractivity contribution >= 4 is 23.3 Å². The molecule has 0 atom stereocenters. The van der Waals surface area contributed by atoms with Crippen LogP contribution in [0.2, 0.25) is 0 Å². The van der Waals surface area contributed by atoms with Gasteiger partial charge in [-0.2, -0.15) is 5.10 Å². The van der Waals surface area contributed by atoms with Crippen molar-refractivity contribution in [2.24, 2.45) is 0 Å². The van der Waals surface area contributed by atoms with Gasteiger partial charge in [-0.25, -0.2) is 14.5 Å². The van der Waals surface area contributed by atoms with Gasteiger partial charge in [-0.05, 0) is 49.9 Å². The Morgan fingerprint density at radius 2 is 1.95 bits per heavy atom. The van der Waals surface area contributed by atoms with Gasteiger partial charge in [0, 0.05) is 30.8 Å². The third-order valence-corrected chi connectivity index (χ3v) is 6.22. The molecule has 1 fully saturated rings. The molecule has 4 aromatic rings. The van der Waals surface area contributed by atoms with Gasteiger partial charge in [0.25, 0.3) is 5.91 Å². The van der Waals surface area contributed by atoms with Crippen LogP contribution >= 0.6 is 0 Å². The molecule has 0 bridgehead atoms. The van der Waals surface area contributed by atoms with E-state index in [4.69, 9.17) is 9.47 Å². The van der Waals surface area contributed by atoms with Crippen LogP contribution in [0.3, 0.4) is 0 Å². The molecule has 3 heterocycles. The van der Waals surface area contributed by atoms with Gasteiger partial charge in [0.2, 0.25) is 11.8 Å². The lowest BCUT2D eigenvalue weighted by Crippen LogP contribution is -2.24. The van der Waals surface area contributed by atoms with E-state index in [-0.39, 0.29) is 23.8 Å². The Morgan fingerprint density at radius 3 is 2.73 bits per heavy atom. The first-order valence-electron chi connectivity index (χ1n) is 12.2. The second kappa shape index (κ2) is 10.7. The standard InChI is InChI=1S/C27H28N6O4/c1-17(34)30-24-16-33-25(31-24)12-11-22(32-33)19-13-21(27(36-2)29-15-19)26(35)28-14-18-7-3-6-10-23(18)37-20-8-4-5-9-20/h3,6-7,10-13,15-16,20H,4-5,8-9,14H2,1-2H3,(H,28,35)(H,30,34). The van der Waals surface area contributed by atoms with Crippen molar-refractivity contribution in [3.63, 3.8) is 0 Å². The summed E-state index contributed by atoms with van der Waals surface area (Å²) in [6.07, 6.45) is 7.94. The molecule has 5 rings (SSSR count). The molecule has 2 amide bonds.